The van der Waals surface area contributed by atoms with Gasteiger partial charge in [-0.2, -0.15) is 5.26 Å². The summed E-state index contributed by atoms with van der Waals surface area (Å²) < 4.78 is 34.2. The zero-order valence-corrected chi connectivity index (χ0v) is 17.6. The molecule has 3 rings (SSSR count). The Bertz CT molecular complexity index is 1070. The second-order valence-corrected chi connectivity index (χ2v) is 8.88. The summed E-state index contributed by atoms with van der Waals surface area (Å²) >= 11 is 0. The number of carbonyl (C=O) groups is 1. The molecule has 0 spiro atoms. The molecule has 0 unspecified atom stereocenters. The number of rotatable bonds is 6. The number of ether oxygens (including phenoxy) is 1. The van der Waals surface area contributed by atoms with Crippen molar-refractivity contribution in [3.63, 3.8) is 0 Å². The average molecular weight is 430 g/mol. The number of amides is 1. The highest BCUT2D eigenvalue weighted by atomic mass is 32.2. The van der Waals surface area contributed by atoms with E-state index in [2.05, 4.69) is 20.0 Å². The minimum absolute atomic E-state index is 0.138. The number of benzene rings is 1. The molecule has 30 heavy (non-hydrogen) atoms. The van der Waals surface area contributed by atoms with E-state index in [0.717, 1.165) is 0 Å². The van der Waals surface area contributed by atoms with E-state index >= 15 is 0 Å². The number of aryl methyl sites for hydroxylation is 1. The maximum Gasteiger partial charge on any atom is 0.251 e. The summed E-state index contributed by atoms with van der Waals surface area (Å²) in [5.74, 6) is -0.00981. The van der Waals surface area contributed by atoms with E-state index in [0.29, 0.717) is 36.9 Å². The molecular weight excluding hydrogens is 406 g/mol. The molecule has 0 saturated heterocycles. The van der Waals surface area contributed by atoms with Gasteiger partial charge in [0.15, 0.2) is 0 Å². The Morgan fingerprint density at radius 3 is 2.53 bits per heavy atom. The number of aromatic nitrogens is 2. The van der Waals surface area contributed by atoms with Crippen molar-refractivity contribution >= 4 is 21.6 Å². The smallest absolute Gasteiger partial charge is 0.251 e. The largest absolute Gasteiger partial charge is 0.472 e. The van der Waals surface area contributed by atoms with Crippen molar-refractivity contribution in [2.24, 2.45) is 0 Å². The third-order valence-electron chi connectivity index (χ3n) is 4.83. The number of hydrogen-bond acceptors (Lipinski definition) is 7. The molecule has 0 radical (unpaired) electrons. The molecule has 1 aromatic heterocycles. The summed E-state index contributed by atoms with van der Waals surface area (Å²) in [5.41, 5.74) is 1.24. The first-order valence-electron chi connectivity index (χ1n) is 9.57. The molecule has 1 aliphatic carbocycles. The molecule has 1 amide bonds. The maximum atomic E-state index is 12.8. The lowest BCUT2D eigenvalue weighted by molar-refractivity contribution is -0.114. The Kier molecular flexibility index (Phi) is 6.64. The SMILES string of the molecule is CC(=O)Nc1ccc(S(=O)(=O)NC2CCC(Oc3nccnc3C#N)CC2)c(C)c1. The van der Waals surface area contributed by atoms with Gasteiger partial charge in [0, 0.05) is 31.0 Å². The standard InChI is InChI=1S/C20H23N5O4S/c1-13-11-16(24-14(2)26)5-8-19(13)30(27,28)25-15-3-6-17(7-4-15)29-20-18(12-21)22-9-10-23-20/h5,8-11,15,17,25H,3-4,6-7H2,1-2H3,(H,24,26). The van der Waals surface area contributed by atoms with Gasteiger partial charge in [0.1, 0.15) is 12.2 Å². The minimum Gasteiger partial charge on any atom is -0.472 e. The van der Waals surface area contributed by atoms with Crippen LogP contribution in [0.4, 0.5) is 5.69 Å². The van der Waals surface area contributed by atoms with Gasteiger partial charge >= 0.3 is 0 Å². The zero-order valence-electron chi connectivity index (χ0n) is 16.8. The zero-order chi connectivity index (χ0) is 21.7. The highest BCUT2D eigenvalue weighted by Gasteiger charge is 2.28. The molecule has 0 atom stereocenters. The van der Waals surface area contributed by atoms with Gasteiger partial charge in [-0.15, -0.1) is 0 Å². The lowest BCUT2D eigenvalue weighted by Gasteiger charge is -2.29. The first-order valence-corrected chi connectivity index (χ1v) is 11.0. The van der Waals surface area contributed by atoms with Crippen LogP contribution in [0.3, 0.4) is 0 Å². The fourth-order valence-electron chi connectivity index (χ4n) is 3.46. The Morgan fingerprint density at radius 1 is 1.20 bits per heavy atom. The van der Waals surface area contributed by atoms with Crippen molar-refractivity contribution in [3.05, 3.63) is 41.9 Å². The molecule has 2 aromatic rings. The van der Waals surface area contributed by atoms with E-state index in [-0.39, 0.29) is 34.5 Å². The molecule has 0 aliphatic heterocycles. The normalized spacial score (nSPS) is 19.0. The minimum atomic E-state index is -3.69. The third kappa shape index (κ3) is 5.31. The molecule has 158 valence electrons. The number of hydrogen-bond donors (Lipinski definition) is 2. The summed E-state index contributed by atoms with van der Waals surface area (Å²) in [6, 6.07) is 6.44. The lowest BCUT2D eigenvalue weighted by Crippen LogP contribution is -2.40. The number of anilines is 1. The van der Waals surface area contributed by atoms with Crippen LogP contribution in [0.1, 0.15) is 43.9 Å². The first kappa shape index (κ1) is 21.7. The van der Waals surface area contributed by atoms with E-state index in [1.54, 1.807) is 19.1 Å². The number of carbonyl (C=O) groups excluding carboxylic acids is 1. The molecule has 0 bridgehead atoms. The van der Waals surface area contributed by atoms with Crippen molar-refractivity contribution in [3.8, 4) is 11.9 Å². The van der Waals surface area contributed by atoms with Crippen LogP contribution in [0.25, 0.3) is 0 Å². The van der Waals surface area contributed by atoms with Gasteiger partial charge in [0.05, 0.1) is 4.90 Å². The average Bonchev–Trinajstić information content (AvgIpc) is 2.69. The van der Waals surface area contributed by atoms with Crippen LogP contribution in [-0.2, 0) is 14.8 Å². The lowest BCUT2D eigenvalue weighted by atomic mass is 9.94. The summed E-state index contributed by atoms with van der Waals surface area (Å²) in [6.07, 6.45) is 5.24. The second-order valence-electron chi connectivity index (χ2n) is 7.20. The summed E-state index contributed by atoms with van der Waals surface area (Å²) in [7, 11) is -3.69. The van der Waals surface area contributed by atoms with E-state index in [1.807, 2.05) is 6.07 Å². The fraction of sp³-hybridized carbons (Fsp3) is 0.400. The van der Waals surface area contributed by atoms with Crippen LogP contribution in [0.5, 0.6) is 5.88 Å². The summed E-state index contributed by atoms with van der Waals surface area (Å²) in [4.78, 5) is 19.3. The maximum absolute atomic E-state index is 12.8. The number of nitrogens with zero attached hydrogens (tertiary/aromatic N) is 3. The number of nitrogens with one attached hydrogen (secondary N) is 2. The highest BCUT2D eigenvalue weighted by molar-refractivity contribution is 7.89. The van der Waals surface area contributed by atoms with Crippen LogP contribution < -0.4 is 14.8 Å². The van der Waals surface area contributed by atoms with Crippen LogP contribution in [0.2, 0.25) is 0 Å². The third-order valence-corrected chi connectivity index (χ3v) is 6.51. The molecule has 10 heteroatoms. The van der Waals surface area contributed by atoms with Gasteiger partial charge in [0.2, 0.25) is 21.6 Å². The second kappa shape index (κ2) is 9.19. The topological polar surface area (TPSA) is 134 Å². The molecule has 2 N–H and O–H groups in total. The summed E-state index contributed by atoms with van der Waals surface area (Å²) in [5, 5.41) is 11.7. The van der Waals surface area contributed by atoms with E-state index in [1.165, 1.54) is 25.4 Å². The van der Waals surface area contributed by atoms with Crippen LogP contribution in [-0.4, -0.2) is 36.4 Å². The molecule has 1 aromatic carbocycles. The van der Waals surface area contributed by atoms with Gasteiger partial charge in [0.25, 0.3) is 5.88 Å². The van der Waals surface area contributed by atoms with Gasteiger partial charge in [-0.25, -0.2) is 23.1 Å². The predicted octanol–water partition coefficient (Wildman–Crippen LogP) is 2.28. The van der Waals surface area contributed by atoms with Crippen molar-refractivity contribution < 1.29 is 17.9 Å². The predicted molar refractivity (Wildman–Crippen MR) is 109 cm³/mol. The molecule has 1 aliphatic rings. The Balaban J connectivity index is 1.60. The molecular formula is C20H23N5O4S. The van der Waals surface area contributed by atoms with Gasteiger partial charge in [-0.3, -0.25) is 4.79 Å². The van der Waals surface area contributed by atoms with Gasteiger partial charge < -0.3 is 10.1 Å². The monoisotopic (exact) mass is 429 g/mol. The Labute approximate surface area is 175 Å². The van der Waals surface area contributed by atoms with Gasteiger partial charge in [-0.05, 0) is 56.4 Å². The van der Waals surface area contributed by atoms with E-state index < -0.39 is 10.0 Å². The van der Waals surface area contributed by atoms with Crippen molar-refractivity contribution in [1.29, 1.82) is 5.26 Å². The van der Waals surface area contributed by atoms with Crippen LogP contribution in [0.15, 0.2) is 35.5 Å². The summed E-state index contributed by atoms with van der Waals surface area (Å²) in [6.45, 7) is 3.09. The molecule has 1 heterocycles. The van der Waals surface area contributed by atoms with Crippen LogP contribution >= 0.6 is 0 Å². The quantitative estimate of drug-likeness (QED) is 0.719. The molecule has 1 saturated carbocycles. The molecule has 9 nitrogen and oxygen atoms in total. The van der Waals surface area contributed by atoms with E-state index in [4.69, 9.17) is 10.00 Å². The Morgan fingerprint density at radius 2 is 1.90 bits per heavy atom. The van der Waals surface area contributed by atoms with Crippen molar-refractivity contribution in [2.75, 3.05) is 5.32 Å². The van der Waals surface area contributed by atoms with E-state index in [9.17, 15) is 13.2 Å². The Hall–Kier alpha value is -3.03. The van der Waals surface area contributed by atoms with Gasteiger partial charge in [-0.1, -0.05) is 0 Å². The first-order chi connectivity index (χ1) is 14.3. The number of nitriles is 1. The van der Waals surface area contributed by atoms with Crippen molar-refractivity contribution in [1.82, 2.24) is 14.7 Å². The van der Waals surface area contributed by atoms with Crippen LogP contribution in [0, 0.1) is 18.3 Å². The fourth-order valence-corrected chi connectivity index (χ4v) is 4.99. The van der Waals surface area contributed by atoms with Crippen molar-refractivity contribution in [2.45, 2.75) is 56.6 Å². The highest BCUT2D eigenvalue weighted by Crippen LogP contribution is 2.26. The number of sulfonamides is 1. The molecule has 1 fully saturated rings.